The second-order valence-electron chi connectivity index (χ2n) is 3.65. The summed E-state index contributed by atoms with van der Waals surface area (Å²) in [6, 6.07) is 4.56. The second-order valence-corrected chi connectivity index (χ2v) is 4.49. The van der Waals surface area contributed by atoms with Crippen molar-refractivity contribution >= 4 is 40.6 Å². The fourth-order valence-corrected chi connectivity index (χ4v) is 1.94. The molecule has 102 valence electrons. The van der Waals surface area contributed by atoms with E-state index in [1.807, 2.05) is 0 Å². The predicted octanol–water partition coefficient (Wildman–Crippen LogP) is 3.53. The monoisotopic (exact) mass is 301 g/mol. The average Bonchev–Trinajstić information content (AvgIpc) is 2.38. The summed E-state index contributed by atoms with van der Waals surface area (Å²) in [4.78, 5) is 15.6. The fraction of sp³-hybridized carbons (Fsp3) is 0.231. The van der Waals surface area contributed by atoms with Crippen LogP contribution >= 0.6 is 23.2 Å². The third-order valence-corrected chi connectivity index (χ3v) is 3.06. The Kier molecular flexibility index (Phi) is 5.39. The molecule has 0 bridgehead atoms. The zero-order valence-corrected chi connectivity index (χ0v) is 12.2. The third-order valence-electron chi connectivity index (χ3n) is 2.51. The van der Waals surface area contributed by atoms with Gasteiger partial charge in [-0.1, -0.05) is 23.2 Å². The van der Waals surface area contributed by atoms with Crippen molar-refractivity contribution in [1.82, 2.24) is 0 Å². The summed E-state index contributed by atoms with van der Waals surface area (Å²) in [6.07, 6.45) is 0. The Morgan fingerprint density at radius 1 is 1.37 bits per heavy atom. The number of aliphatic hydroxyl groups is 1. The van der Waals surface area contributed by atoms with Crippen LogP contribution in [0, 0.1) is 0 Å². The minimum atomic E-state index is -0.688. The number of carbonyl (C=O) groups excluding carboxylic acids is 1. The molecule has 1 rings (SSSR count). The summed E-state index contributed by atoms with van der Waals surface area (Å²) >= 11 is 11.8. The maximum absolute atomic E-state index is 11.7. The number of methoxy groups -OCH3 is 1. The van der Waals surface area contributed by atoms with Crippen LogP contribution in [0.25, 0.3) is 5.76 Å². The molecule has 0 aromatic heterocycles. The normalized spacial score (nSPS) is 13.0. The number of hydrogen-bond acceptors (Lipinski definition) is 4. The molecule has 19 heavy (non-hydrogen) atoms. The SMILES string of the molecule is CN=C(C)/C(C(=O)OC)=C(\O)c1ccc(Cl)cc1Cl. The van der Waals surface area contributed by atoms with Gasteiger partial charge in [0.2, 0.25) is 0 Å². The van der Waals surface area contributed by atoms with Gasteiger partial charge >= 0.3 is 5.97 Å². The van der Waals surface area contributed by atoms with Crippen LogP contribution < -0.4 is 0 Å². The van der Waals surface area contributed by atoms with Gasteiger partial charge in [-0.05, 0) is 25.1 Å². The van der Waals surface area contributed by atoms with Gasteiger partial charge < -0.3 is 9.84 Å². The molecule has 1 aromatic rings. The molecular formula is C13H13Cl2NO3. The van der Waals surface area contributed by atoms with Crippen LogP contribution in [0.2, 0.25) is 10.0 Å². The summed E-state index contributed by atoms with van der Waals surface area (Å²) in [5.41, 5.74) is 0.596. The number of nitrogens with zero attached hydrogens (tertiary/aromatic N) is 1. The van der Waals surface area contributed by atoms with Crippen molar-refractivity contribution in [2.24, 2.45) is 4.99 Å². The number of rotatable bonds is 3. The minimum absolute atomic E-state index is 0.0331. The number of hydrogen-bond donors (Lipinski definition) is 1. The zero-order valence-electron chi connectivity index (χ0n) is 10.7. The first-order valence-corrected chi connectivity index (χ1v) is 6.08. The highest BCUT2D eigenvalue weighted by Gasteiger charge is 2.21. The second kappa shape index (κ2) is 6.59. The van der Waals surface area contributed by atoms with Crippen LogP contribution in [0.1, 0.15) is 12.5 Å². The van der Waals surface area contributed by atoms with Gasteiger partial charge in [-0.2, -0.15) is 0 Å². The van der Waals surface area contributed by atoms with E-state index in [1.165, 1.54) is 26.3 Å². The number of aliphatic imine (C=N–C) groups is 1. The van der Waals surface area contributed by atoms with Crippen LogP contribution in [0.5, 0.6) is 0 Å². The predicted molar refractivity (Wildman–Crippen MR) is 77.1 cm³/mol. The van der Waals surface area contributed by atoms with E-state index in [9.17, 15) is 9.90 Å². The first-order valence-electron chi connectivity index (χ1n) is 5.33. The Hall–Kier alpha value is -1.52. The number of carbonyl (C=O) groups is 1. The quantitative estimate of drug-likeness (QED) is 0.402. The Labute approximate surface area is 121 Å². The van der Waals surface area contributed by atoms with Crippen LogP contribution in [0.15, 0.2) is 28.8 Å². The molecular weight excluding hydrogens is 289 g/mol. The van der Waals surface area contributed by atoms with Crippen molar-refractivity contribution in [1.29, 1.82) is 0 Å². The van der Waals surface area contributed by atoms with E-state index < -0.39 is 5.97 Å². The Balaban J connectivity index is 3.49. The van der Waals surface area contributed by atoms with E-state index in [2.05, 4.69) is 9.73 Å². The standard InChI is InChI=1S/C13H13Cl2NO3/c1-7(16-2)11(13(18)19-3)12(17)9-5-4-8(14)6-10(9)15/h4-6,17H,1-3H3/b12-11+,16-7?. The molecule has 0 radical (unpaired) electrons. The molecule has 0 atom stereocenters. The van der Waals surface area contributed by atoms with Gasteiger partial charge in [-0.15, -0.1) is 0 Å². The highest BCUT2D eigenvalue weighted by molar-refractivity contribution is 6.36. The Morgan fingerprint density at radius 2 is 2.00 bits per heavy atom. The van der Waals surface area contributed by atoms with Crippen LogP contribution in [-0.2, 0) is 9.53 Å². The van der Waals surface area contributed by atoms with E-state index in [-0.39, 0.29) is 21.9 Å². The van der Waals surface area contributed by atoms with Gasteiger partial charge in [-0.3, -0.25) is 4.99 Å². The highest BCUT2D eigenvalue weighted by atomic mass is 35.5. The van der Waals surface area contributed by atoms with Gasteiger partial charge in [0, 0.05) is 23.3 Å². The first kappa shape index (κ1) is 15.5. The smallest absolute Gasteiger partial charge is 0.343 e. The lowest BCUT2D eigenvalue weighted by molar-refractivity contribution is -0.135. The van der Waals surface area contributed by atoms with Crippen molar-refractivity contribution in [2.45, 2.75) is 6.92 Å². The molecule has 0 amide bonds. The molecule has 0 fully saturated rings. The van der Waals surface area contributed by atoms with Crippen LogP contribution in [0.3, 0.4) is 0 Å². The van der Waals surface area contributed by atoms with Crippen molar-refractivity contribution in [3.8, 4) is 0 Å². The van der Waals surface area contributed by atoms with Gasteiger partial charge in [-0.25, -0.2) is 4.79 Å². The summed E-state index contributed by atoms with van der Waals surface area (Å²) < 4.78 is 4.63. The maximum atomic E-state index is 11.7. The third kappa shape index (κ3) is 3.49. The van der Waals surface area contributed by atoms with E-state index in [0.29, 0.717) is 10.7 Å². The van der Waals surface area contributed by atoms with Crippen molar-refractivity contribution in [2.75, 3.05) is 14.2 Å². The topological polar surface area (TPSA) is 58.9 Å². The average molecular weight is 302 g/mol. The molecule has 0 aliphatic heterocycles. The molecule has 0 saturated heterocycles. The molecule has 4 nitrogen and oxygen atoms in total. The largest absolute Gasteiger partial charge is 0.506 e. The molecule has 6 heteroatoms. The van der Waals surface area contributed by atoms with Crippen LogP contribution in [-0.4, -0.2) is 30.9 Å². The minimum Gasteiger partial charge on any atom is -0.506 e. The number of aliphatic hydroxyl groups excluding tert-OH is 1. The van der Waals surface area contributed by atoms with Gasteiger partial charge in [0.15, 0.2) is 0 Å². The number of esters is 1. The van der Waals surface area contributed by atoms with Gasteiger partial charge in [0.25, 0.3) is 0 Å². The summed E-state index contributed by atoms with van der Waals surface area (Å²) in [6.45, 7) is 1.59. The van der Waals surface area contributed by atoms with Crippen molar-refractivity contribution < 1.29 is 14.6 Å². The highest BCUT2D eigenvalue weighted by Crippen LogP contribution is 2.28. The Bertz CT molecular complexity index is 565. The lowest BCUT2D eigenvalue weighted by Gasteiger charge is -2.10. The molecule has 1 aromatic carbocycles. The van der Waals surface area contributed by atoms with E-state index in [4.69, 9.17) is 23.2 Å². The summed E-state index contributed by atoms with van der Waals surface area (Å²) in [5.74, 6) is -0.983. The first-order chi connectivity index (χ1) is 8.92. The molecule has 0 unspecified atom stereocenters. The lowest BCUT2D eigenvalue weighted by Crippen LogP contribution is -2.14. The summed E-state index contributed by atoms with van der Waals surface area (Å²) in [7, 11) is 2.73. The number of halogens is 2. The molecule has 0 heterocycles. The van der Waals surface area contributed by atoms with E-state index in [1.54, 1.807) is 13.0 Å². The lowest BCUT2D eigenvalue weighted by atomic mass is 10.0. The number of benzene rings is 1. The number of ether oxygens (including phenoxy) is 1. The molecule has 0 spiro atoms. The summed E-state index contributed by atoms with van der Waals surface area (Å²) in [5, 5.41) is 10.9. The maximum Gasteiger partial charge on any atom is 0.343 e. The zero-order chi connectivity index (χ0) is 14.6. The van der Waals surface area contributed by atoms with Gasteiger partial charge in [0.1, 0.15) is 11.3 Å². The Morgan fingerprint density at radius 3 is 2.47 bits per heavy atom. The molecule has 0 saturated carbocycles. The fourth-order valence-electron chi connectivity index (χ4n) is 1.45. The molecule has 0 aliphatic rings. The molecule has 0 aliphatic carbocycles. The van der Waals surface area contributed by atoms with E-state index >= 15 is 0 Å². The van der Waals surface area contributed by atoms with Gasteiger partial charge in [0.05, 0.1) is 12.1 Å². The van der Waals surface area contributed by atoms with E-state index in [0.717, 1.165) is 0 Å². The van der Waals surface area contributed by atoms with Crippen molar-refractivity contribution in [3.05, 3.63) is 39.4 Å². The van der Waals surface area contributed by atoms with Crippen LogP contribution in [0.4, 0.5) is 0 Å². The van der Waals surface area contributed by atoms with Crippen molar-refractivity contribution in [3.63, 3.8) is 0 Å². The molecule has 1 N–H and O–H groups in total.